The molecule has 1 aromatic rings. The van der Waals surface area contributed by atoms with E-state index in [4.69, 9.17) is 21.7 Å². The third-order valence-electron chi connectivity index (χ3n) is 3.28. The quantitative estimate of drug-likeness (QED) is 0.349. The second kappa shape index (κ2) is 7.59. The van der Waals surface area contributed by atoms with E-state index in [1.54, 1.807) is 12.1 Å². The molecule has 1 N–H and O–H groups in total. The molecule has 2 amide bonds. The maximum Gasteiger partial charge on any atom is 0.265 e. The summed E-state index contributed by atoms with van der Waals surface area (Å²) in [6.07, 6.45) is 3.00. The maximum absolute atomic E-state index is 12.5. The SMILES string of the molecule is C=CCN1C(=O)C(=Cc2cc(OC)c(Br)c(OC)c2)C(=O)NC1=S. The molecule has 1 aliphatic rings. The molecule has 0 aliphatic carbocycles. The molecular formula is C16H15BrN2O4S. The van der Waals surface area contributed by atoms with Crippen LogP contribution in [0.2, 0.25) is 0 Å². The number of hydrogen-bond acceptors (Lipinski definition) is 5. The Hall–Kier alpha value is -2.19. The van der Waals surface area contributed by atoms with Crippen LogP contribution in [0.25, 0.3) is 6.08 Å². The molecule has 0 saturated carbocycles. The van der Waals surface area contributed by atoms with Crippen LogP contribution in [0.5, 0.6) is 11.5 Å². The number of benzene rings is 1. The molecule has 1 aliphatic heterocycles. The van der Waals surface area contributed by atoms with Crippen LogP contribution in [-0.2, 0) is 9.59 Å². The summed E-state index contributed by atoms with van der Waals surface area (Å²) >= 11 is 8.38. The van der Waals surface area contributed by atoms with Crippen molar-refractivity contribution in [2.45, 2.75) is 0 Å². The number of ether oxygens (including phenoxy) is 2. The first kappa shape index (κ1) is 18.2. The van der Waals surface area contributed by atoms with Crippen LogP contribution in [0, 0.1) is 0 Å². The van der Waals surface area contributed by atoms with E-state index >= 15 is 0 Å². The number of methoxy groups -OCH3 is 2. The normalized spacial score (nSPS) is 16.2. The average Bonchev–Trinajstić information content (AvgIpc) is 2.56. The highest BCUT2D eigenvalue weighted by Gasteiger charge is 2.32. The number of carbonyl (C=O) groups excluding carboxylic acids is 2. The van der Waals surface area contributed by atoms with Crippen LogP contribution in [0.4, 0.5) is 0 Å². The third-order valence-corrected chi connectivity index (χ3v) is 4.38. The van der Waals surface area contributed by atoms with Gasteiger partial charge in [0, 0.05) is 6.54 Å². The second-order valence-corrected chi connectivity index (χ2v) is 5.94. The zero-order valence-electron chi connectivity index (χ0n) is 13.1. The number of halogens is 1. The van der Waals surface area contributed by atoms with Gasteiger partial charge < -0.3 is 9.47 Å². The van der Waals surface area contributed by atoms with Crippen LogP contribution >= 0.6 is 28.1 Å². The van der Waals surface area contributed by atoms with Gasteiger partial charge in [-0.25, -0.2) is 0 Å². The lowest BCUT2D eigenvalue weighted by Crippen LogP contribution is -2.53. The Morgan fingerprint density at radius 3 is 2.38 bits per heavy atom. The zero-order chi connectivity index (χ0) is 17.9. The molecule has 0 radical (unpaired) electrons. The Bertz CT molecular complexity index is 735. The van der Waals surface area contributed by atoms with Gasteiger partial charge in [-0.1, -0.05) is 6.08 Å². The monoisotopic (exact) mass is 410 g/mol. The van der Waals surface area contributed by atoms with E-state index in [0.29, 0.717) is 21.5 Å². The molecule has 0 unspecified atom stereocenters. The van der Waals surface area contributed by atoms with Gasteiger partial charge in [-0.05, 0) is 51.9 Å². The summed E-state index contributed by atoms with van der Waals surface area (Å²) in [5.41, 5.74) is 0.550. The summed E-state index contributed by atoms with van der Waals surface area (Å²) in [6, 6.07) is 3.37. The van der Waals surface area contributed by atoms with Crippen LogP contribution in [0.3, 0.4) is 0 Å². The summed E-state index contributed by atoms with van der Waals surface area (Å²) in [6.45, 7) is 3.79. The highest BCUT2D eigenvalue weighted by Crippen LogP contribution is 2.36. The molecule has 0 bridgehead atoms. The third kappa shape index (κ3) is 3.49. The predicted molar refractivity (Wildman–Crippen MR) is 97.9 cm³/mol. The van der Waals surface area contributed by atoms with E-state index in [9.17, 15) is 9.59 Å². The van der Waals surface area contributed by atoms with Crippen molar-refractivity contribution in [3.8, 4) is 11.5 Å². The minimum Gasteiger partial charge on any atom is -0.495 e. The lowest BCUT2D eigenvalue weighted by molar-refractivity contribution is -0.128. The van der Waals surface area contributed by atoms with Crippen molar-refractivity contribution in [3.63, 3.8) is 0 Å². The van der Waals surface area contributed by atoms with E-state index in [0.717, 1.165) is 0 Å². The fraction of sp³-hybridized carbons (Fsp3) is 0.188. The van der Waals surface area contributed by atoms with Crippen molar-refractivity contribution < 1.29 is 19.1 Å². The number of hydrogen-bond donors (Lipinski definition) is 1. The van der Waals surface area contributed by atoms with Crippen molar-refractivity contribution in [1.82, 2.24) is 10.2 Å². The van der Waals surface area contributed by atoms with Gasteiger partial charge in [0.05, 0.1) is 14.2 Å². The minimum atomic E-state index is -0.550. The molecule has 1 heterocycles. The number of rotatable bonds is 5. The van der Waals surface area contributed by atoms with Crippen LogP contribution in [0.1, 0.15) is 5.56 Å². The molecule has 126 valence electrons. The van der Waals surface area contributed by atoms with E-state index in [1.807, 2.05) is 0 Å². The first-order valence-electron chi connectivity index (χ1n) is 6.84. The van der Waals surface area contributed by atoms with Gasteiger partial charge in [0.25, 0.3) is 11.8 Å². The summed E-state index contributed by atoms with van der Waals surface area (Å²) in [7, 11) is 3.03. The fourth-order valence-corrected chi connectivity index (χ4v) is 2.93. The van der Waals surface area contributed by atoms with Gasteiger partial charge >= 0.3 is 0 Å². The van der Waals surface area contributed by atoms with E-state index in [2.05, 4.69) is 27.8 Å². The van der Waals surface area contributed by atoms with Crippen LogP contribution < -0.4 is 14.8 Å². The highest BCUT2D eigenvalue weighted by molar-refractivity contribution is 9.10. The molecule has 24 heavy (non-hydrogen) atoms. The van der Waals surface area contributed by atoms with Gasteiger partial charge in [0.2, 0.25) is 0 Å². The lowest BCUT2D eigenvalue weighted by atomic mass is 10.1. The van der Waals surface area contributed by atoms with Crippen LogP contribution in [-0.4, -0.2) is 42.6 Å². The van der Waals surface area contributed by atoms with E-state index < -0.39 is 11.8 Å². The molecule has 0 aromatic heterocycles. The Labute approximate surface area is 153 Å². The number of nitrogens with zero attached hydrogens (tertiary/aromatic N) is 1. The molecule has 1 saturated heterocycles. The Kier molecular flexibility index (Phi) is 5.74. The number of carbonyl (C=O) groups is 2. The summed E-state index contributed by atoms with van der Waals surface area (Å²) < 4.78 is 11.2. The van der Waals surface area contributed by atoms with Crippen LogP contribution in [0.15, 0.2) is 34.8 Å². The first-order valence-corrected chi connectivity index (χ1v) is 8.04. The van der Waals surface area contributed by atoms with Gasteiger partial charge in [-0.3, -0.25) is 19.8 Å². The maximum atomic E-state index is 12.5. The first-order chi connectivity index (χ1) is 11.4. The Balaban J connectivity index is 2.49. The summed E-state index contributed by atoms with van der Waals surface area (Å²) in [4.78, 5) is 25.9. The Morgan fingerprint density at radius 1 is 1.29 bits per heavy atom. The number of nitrogens with one attached hydrogen (secondary N) is 1. The molecule has 2 rings (SSSR count). The average molecular weight is 411 g/mol. The Morgan fingerprint density at radius 2 is 1.88 bits per heavy atom. The molecular weight excluding hydrogens is 396 g/mol. The number of amides is 2. The second-order valence-electron chi connectivity index (χ2n) is 4.76. The standard InChI is InChI=1S/C16H15BrN2O4S/c1-4-5-19-15(21)10(14(20)18-16(19)24)6-9-7-11(22-2)13(17)12(8-9)23-3/h4,6-8H,1,5H2,2-3H3,(H,18,20,24). The largest absolute Gasteiger partial charge is 0.495 e. The molecule has 1 fully saturated rings. The number of thiocarbonyl (C=S) groups is 1. The zero-order valence-corrected chi connectivity index (χ0v) is 15.5. The highest BCUT2D eigenvalue weighted by atomic mass is 79.9. The molecule has 1 aromatic carbocycles. The fourth-order valence-electron chi connectivity index (χ4n) is 2.13. The molecule has 8 heteroatoms. The smallest absolute Gasteiger partial charge is 0.265 e. The topological polar surface area (TPSA) is 67.9 Å². The molecule has 6 nitrogen and oxygen atoms in total. The van der Waals surface area contributed by atoms with E-state index in [1.165, 1.54) is 31.3 Å². The van der Waals surface area contributed by atoms with Crippen molar-refractivity contribution in [1.29, 1.82) is 0 Å². The van der Waals surface area contributed by atoms with Gasteiger partial charge in [0.1, 0.15) is 21.5 Å². The van der Waals surface area contributed by atoms with E-state index in [-0.39, 0.29) is 17.2 Å². The lowest BCUT2D eigenvalue weighted by Gasteiger charge is -2.27. The molecule has 0 atom stereocenters. The van der Waals surface area contributed by atoms with Crippen molar-refractivity contribution in [2.24, 2.45) is 0 Å². The van der Waals surface area contributed by atoms with Gasteiger partial charge in [0.15, 0.2) is 5.11 Å². The summed E-state index contributed by atoms with van der Waals surface area (Å²) in [5, 5.41) is 2.56. The van der Waals surface area contributed by atoms with Gasteiger partial charge in [-0.15, -0.1) is 6.58 Å². The minimum absolute atomic E-state index is 0.0307. The summed E-state index contributed by atoms with van der Waals surface area (Å²) in [5.74, 6) is 0.00216. The van der Waals surface area contributed by atoms with Crippen molar-refractivity contribution in [2.75, 3.05) is 20.8 Å². The molecule has 0 spiro atoms. The van der Waals surface area contributed by atoms with Crippen molar-refractivity contribution >= 4 is 51.2 Å². The van der Waals surface area contributed by atoms with Gasteiger partial charge in [-0.2, -0.15) is 0 Å². The van der Waals surface area contributed by atoms with Crippen molar-refractivity contribution in [3.05, 3.63) is 40.4 Å². The predicted octanol–water partition coefficient (Wildman–Crippen LogP) is 2.28.